The Kier molecular flexibility index (Phi) is 7.14. The lowest BCUT2D eigenvalue weighted by Crippen LogP contribution is -2.09. The van der Waals surface area contributed by atoms with Gasteiger partial charge in [0.25, 0.3) is 0 Å². The van der Waals surface area contributed by atoms with Crippen LogP contribution in [0.4, 0.5) is 17.1 Å². The Labute approximate surface area is 301 Å². The van der Waals surface area contributed by atoms with E-state index in [0.717, 1.165) is 49.9 Å². The van der Waals surface area contributed by atoms with Gasteiger partial charge in [-0.2, -0.15) is 0 Å². The van der Waals surface area contributed by atoms with Gasteiger partial charge in [-0.3, -0.25) is 4.98 Å². The minimum atomic E-state index is 0.817. The molecule has 0 saturated carbocycles. The number of nitrogens with zero attached hydrogens (tertiary/aromatic N) is 2. The summed E-state index contributed by atoms with van der Waals surface area (Å²) in [5.74, 6) is 0. The van der Waals surface area contributed by atoms with Crippen molar-refractivity contribution in [1.82, 2.24) is 4.98 Å². The zero-order chi connectivity index (χ0) is 34.4. The van der Waals surface area contributed by atoms with E-state index in [1.165, 1.54) is 44.2 Å². The van der Waals surface area contributed by atoms with Crippen LogP contribution >= 0.6 is 0 Å². The maximum absolute atomic E-state index is 6.44. The summed E-state index contributed by atoms with van der Waals surface area (Å²) in [7, 11) is 0. The molecule has 0 aliphatic rings. The molecule has 244 valence electrons. The van der Waals surface area contributed by atoms with E-state index in [0.29, 0.717) is 0 Å². The summed E-state index contributed by atoms with van der Waals surface area (Å²) in [6.45, 7) is 0. The smallest absolute Gasteiger partial charge is 0.161 e. The van der Waals surface area contributed by atoms with Gasteiger partial charge in [0.05, 0.1) is 0 Å². The number of rotatable bonds is 6. The Balaban J connectivity index is 1.13. The van der Waals surface area contributed by atoms with Crippen LogP contribution in [0.5, 0.6) is 0 Å². The molecule has 52 heavy (non-hydrogen) atoms. The molecule has 0 N–H and O–H groups in total. The van der Waals surface area contributed by atoms with Crippen molar-refractivity contribution in [1.29, 1.82) is 0 Å². The van der Waals surface area contributed by atoms with Crippen LogP contribution < -0.4 is 4.90 Å². The van der Waals surface area contributed by atoms with Gasteiger partial charge in [0.1, 0.15) is 11.1 Å². The van der Waals surface area contributed by atoms with E-state index in [1.807, 2.05) is 18.3 Å². The van der Waals surface area contributed by atoms with Crippen molar-refractivity contribution in [2.45, 2.75) is 0 Å². The number of hydrogen-bond donors (Lipinski definition) is 0. The molecule has 0 unspecified atom stereocenters. The van der Waals surface area contributed by atoms with Gasteiger partial charge in [-0.15, -0.1) is 0 Å². The molecule has 8 aromatic carbocycles. The molecule has 0 atom stereocenters. The first-order valence-electron chi connectivity index (χ1n) is 17.6. The van der Waals surface area contributed by atoms with Crippen molar-refractivity contribution in [2.75, 3.05) is 4.90 Å². The molecular formula is C49H32N2O. The molecule has 0 bridgehead atoms. The topological polar surface area (TPSA) is 29.3 Å². The van der Waals surface area contributed by atoms with Gasteiger partial charge in [0.15, 0.2) is 5.58 Å². The average molecular weight is 665 g/mol. The number of furan rings is 1. The second-order valence-electron chi connectivity index (χ2n) is 13.2. The Morgan fingerprint density at radius 2 is 0.981 bits per heavy atom. The summed E-state index contributed by atoms with van der Waals surface area (Å²) in [5, 5.41) is 5.59. The molecule has 0 fully saturated rings. The van der Waals surface area contributed by atoms with Gasteiger partial charge >= 0.3 is 0 Å². The van der Waals surface area contributed by atoms with Crippen LogP contribution in [-0.4, -0.2) is 4.98 Å². The summed E-state index contributed by atoms with van der Waals surface area (Å²) in [4.78, 5) is 7.20. The second kappa shape index (κ2) is 12.4. The number of anilines is 3. The lowest BCUT2D eigenvalue weighted by Gasteiger charge is -2.26. The Bertz CT molecular complexity index is 2880. The van der Waals surface area contributed by atoms with Gasteiger partial charge in [-0.1, -0.05) is 146 Å². The highest BCUT2D eigenvalue weighted by atomic mass is 16.3. The third-order valence-corrected chi connectivity index (χ3v) is 10.1. The average Bonchev–Trinajstić information content (AvgIpc) is 3.60. The van der Waals surface area contributed by atoms with Crippen molar-refractivity contribution in [2.24, 2.45) is 0 Å². The van der Waals surface area contributed by atoms with E-state index in [-0.39, 0.29) is 0 Å². The van der Waals surface area contributed by atoms with E-state index < -0.39 is 0 Å². The molecular weight excluding hydrogens is 633 g/mol. The Morgan fingerprint density at radius 3 is 1.71 bits per heavy atom. The number of hydrogen-bond acceptors (Lipinski definition) is 3. The van der Waals surface area contributed by atoms with Gasteiger partial charge in [0.2, 0.25) is 0 Å². The van der Waals surface area contributed by atoms with Crippen LogP contribution in [0.25, 0.3) is 77.0 Å². The van der Waals surface area contributed by atoms with E-state index in [1.54, 1.807) is 0 Å². The fourth-order valence-corrected chi connectivity index (χ4v) is 7.57. The molecule has 10 rings (SSSR count). The standard InChI is InChI=1S/C49H32N2O/c1-3-11-33(12-4-1)34-19-24-39(25-20-34)51(41-28-30-46-45(31-41)48-49(52-46)44-18-10-8-16-38(44)32-50-48)40-26-21-37(22-27-40)47-42-17-9-7-15-36(42)23-29-43(47)35-13-5-2-6-14-35/h1-32H. The van der Waals surface area contributed by atoms with Gasteiger partial charge in [-0.25, -0.2) is 0 Å². The number of pyridine rings is 1. The fourth-order valence-electron chi connectivity index (χ4n) is 7.57. The maximum atomic E-state index is 6.44. The molecule has 3 heteroatoms. The van der Waals surface area contributed by atoms with Crippen molar-refractivity contribution in [3.05, 3.63) is 194 Å². The van der Waals surface area contributed by atoms with Gasteiger partial charge < -0.3 is 9.32 Å². The van der Waals surface area contributed by atoms with Crippen molar-refractivity contribution >= 4 is 60.7 Å². The van der Waals surface area contributed by atoms with Crippen LogP contribution in [0.15, 0.2) is 199 Å². The first-order valence-corrected chi connectivity index (χ1v) is 17.6. The molecule has 0 aliphatic carbocycles. The van der Waals surface area contributed by atoms with E-state index in [4.69, 9.17) is 9.40 Å². The third-order valence-electron chi connectivity index (χ3n) is 10.1. The molecule has 2 aromatic heterocycles. The van der Waals surface area contributed by atoms with Gasteiger partial charge in [-0.05, 0) is 86.6 Å². The monoisotopic (exact) mass is 664 g/mol. The van der Waals surface area contributed by atoms with Crippen LogP contribution in [-0.2, 0) is 0 Å². The Hall–Kier alpha value is -6.97. The predicted octanol–water partition coefficient (Wildman–Crippen LogP) is 13.8. The first kappa shape index (κ1) is 29.9. The summed E-state index contributed by atoms with van der Waals surface area (Å²) in [6, 6.07) is 66.8. The molecule has 0 aliphatic heterocycles. The summed E-state index contributed by atoms with van der Waals surface area (Å²) in [5.41, 5.74) is 12.9. The van der Waals surface area contributed by atoms with Crippen LogP contribution in [0.2, 0.25) is 0 Å². The molecule has 0 saturated heterocycles. The molecule has 0 spiro atoms. The van der Waals surface area contributed by atoms with E-state index in [9.17, 15) is 0 Å². The molecule has 0 amide bonds. The largest absolute Gasteiger partial charge is 0.454 e. The number of fused-ring (bicyclic) bond motifs is 6. The van der Waals surface area contributed by atoms with E-state index in [2.05, 4.69) is 181 Å². The molecule has 3 nitrogen and oxygen atoms in total. The minimum absolute atomic E-state index is 0.817. The van der Waals surface area contributed by atoms with Crippen LogP contribution in [0, 0.1) is 0 Å². The predicted molar refractivity (Wildman–Crippen MR) is 218 cm³/mol. The lowest BCUT2D eigenvalue weighted by molar-refractivity contribution is 0.672. The summed E-state index contributed by atoms with van der Waals surface area (Å²) >= 11 is 0. The van der Waals surface area contributed by atoms with Crippen LogP contribution in [0.1, 0.15) is 0 Å². The highest BCUT2D eigenvalue weighted by molar-refractivity contribution is 6.13. The fraction of sp³-hybridized carbons (Fsp3) is 0. The second-order valence-corrected chi connectivity index (χ2v) is 13.2. The van der Waals surface area contributed by atoms with Crippen molar-refractivity contribution in [3.8, 4) is 33.4 Å². The maximum Gasteiger partial charge on any atom is 0.161 e. The summed E-state index contributed by atoms with van der Waals surface area (Å²) in [6.07, 6.45) is 1.94. The summed E-state index contributed by atoms with van der Waals surface area (Å²) < 4.78 is 6.44. The minimum Gasteiger partial charge on any atom is -0.454 e. The zero-order valence-corrected chi connectivity index (χ0v) is 28.3. The highest BCUT2D eigenvalue weighted by Crippen LogP contribution is 2.43. The molecule has 2 heterocycles. The van der Waals surface area contributed by atoms with Crippen molar-refractivity contribution in [3.63, 3.8) is 0 Å². The Morgan fingerprint density at radius 1 is 0.404 bits per heavy atom. The zero-order valence-electron chi connectivity index (χ0n) is 28.3. The molecule has 10 aromatic rings. The highest BCUT2D eigenvalue weighted by Gasteiger charge is 2.19. The number of aromatic nitrogens is 1. The molecule has 0 radical (unpaired) electrons. The quantitative estimate of drug-likeness (QED) is 0.177. The third kappa shape index (κ3) is 5.10. The normalized spacial score (nSPS) is 11.5. The lowest BCUT2D eigenvalue weighted by atomic mass is 9.89. The number of benzene rings is 8. The first-order chi connectivity index (χ1) is 25.8. The van der Waals surface area contributed by atoms with Crippen LogP contribution in [0.3, 0.4) is 0 Å². The SMILES string of the molecule is c1ccc(-c2ccc(N(c3ccc(-c4c(-c5ccccc5)ccc5ccccc45)cc3)c3ccc4oc5c6ccccc6cnc5c4c3)cc2)cc1. The van der Waals surface area contributed by atoms with Gasteiger partial charge in [0, 0.05) is 39.4 Å². The van der Waals surface area contributed by atoms with E-state index >= 15 is 0 Å². The van der Waals surface area contributed by atoms with Crippen molar-refractivity contribution < 1.29 is 4.42 Å².